The van der Waals surface area contributed by atoms with E-state index in [0.29, 0.717) is 30.0 Å². The van der Waals surface area contributed by atoms with Crippen LogP contribution in [-0.4, -0.2) is 16.5 Å². The Morgan fingerprint density at radius 1 is 1.20 bits per heavy atom. The van der Waals surface area contributed by atoms with Gasteiger partial charge in [0.2, 0.25) is 0 Å². The summed E-state index contributed by atoms with van der Waals surface area (Å²) in [5.74, 6) is 2.10. The molecule has 4 aliphatic carbocycles. The molecule has 0 bridgehead atoms. The van der Waals surface area contributed by atoms with E-state index in [0.717, 1.165) is 44.9 Å². The summed E-state index contributed by atoms with van der Waals surface area (Å²) in [7, 11) is 0. The molecule has 136 valence electrons. The van der Waals surface area contributed by atoms with E-state index in [1.807, 2.05) is 6.92 Å². The van der Waals surface area contributed by atoms with Crippen molar-refractivity contribution in [3.05, 3.63) is 11.6 Å². The Kier molecular flexibility index (Phi) is 3.75. The van der Waals surface area contributed by atoms with Crippen LogP contribution < -0.4 is 0 Å². The molecule has 0 amide bonds. The first-order chi connectivity index (χ1) is 11.7. The van der Waals surface area contributed by atoms with Crippen LogP contribution >= 0.6 is 0 Å². The van der Waals surface area contributed by atoms with Crippen molar-refractivity contribution in [3.63, 3.8) is 0 Å². The van der Waals surface area contributed by atoms with Crippen LogP contribution in [0.4, 0.5) is 0 Å². The highest BCUT2D eigenvalue weighted by Crippen LogP contribution is 2.66. The topological polar surface area (TPSA) is 61.1 Å². The third kappa shape index (κ3) is 2.36. The van der Waals surface area contributed by atoms with Gasteiger partial charge in [-0.1, -0.05) is 19.4 Å². The van der Waals surface area contributed by atoms with Crippen molar-refractivity contribution in [2.24, 2.45) is 34.5 Å². The van der Waals surface area contributed by atoms with Gasteiger partial charge in [-0.25, -0.2) is 0 Å². The predicted molar refractivity (Wildman–Crippen MR) is 96.4 cm³/mol. The molecule has 0 radical (unpaired) electrons. The monoisotopic (exact) mass is 341 g/mol. The molecule has 25 heavy (non-hydrogen) atoms. The fraction of sp³-hybridized carbons (Fsp3) is 0.818. The number of nitrogens with zero attached hydrogens (tertiary/aromatic N) is 1. The largest absolute Gasteiger partial charge is 0.390 e. The molecule has 1 N–H and O–H groups in total. The first-order valence-corrected chi connectivity index (χ1v) is 10.1. The van der Waals surface area contributed by atoms with E-state index in [4.69, 9.17) is 5.26 Å². The zero-order chi connectivity index (χ0) is 18.0. The zero-order valence-electron chi connectivity index (χ0n) is 15.8. The summed E-state index contributed by atoms with van der Waals surface area (Å²) in [6.45, 7) is 6.54. The molecule has 0 unspecified atom stereocenters. The van der Waals surface area contributed by atoms with Gasteiger partial charge in [0.15, 0.2) is 0 Å². The fourth-order valence-corrected chi connectivity index (χ4v) is 7.41. The van der Waals surface area contributed by atoms with Crippen LogP contribution in [0.2, 0.25) is 0 Å². The fourth-order valence-electron chi connectivity index (χ4n) is 7.41. The van der Waals surface area contributed by atoms with Crippen LogP contribution in [0.1, 0.15) is 72.1 Å². The highest BCUT2D eigenvalue weighted by atomic mass is 16.3. The van der Waals surface area contributed by atoms with E-state index in [9.17, 15) is 9.90 Å². The van der Waals surface area contributed by atoms with Crippen molar-refractivity contribution in [2.45, 2.75) is 77.7 Å². The Labute approximate surface area is 151 Å². The summed E-state index contributed by atoms with van der Waals surface area (Å²) in [6.07, 6.45) is 9.36. The molecular weight excluding hydrogens is 310 g/mol. The third-order valence-corrected chi connectivity index (χ3v) is 8.73. The van der Waals surface area contributed by atoms with Crippen molar-refractivity contribution < 1.29 is 9.90 Å². The van der Waals surface area contributed by atoms with E-state index >= 15 is 0 Å². The molecular formula is C22H31NO2. The molecule has 0 heterocycles. The first kappa shape index (κ1) is 17.3. The highest BCUT2D eigenvalue weighted by Gasteiger charge is 2.62. The van der Waals surface area contributed by atoms with Crippen molar-refractivity contribution in [3.8, 4) is 6.07 Å². The van der Waals surface area contributed by atoms with Crippen molar-refractivity contribution in [2.75, 3.05) is 0 Å². The quantitative estimate of drug-likeness (QED) is 0.664. The number of aliphatic hydroxyl groups is 1. The summed E-state index contributed by atoms with van der Waals surface area (Å²) >= 11 is 0. The Morgan fingerprint density at radius 2 is 1.96 bits per heavy atom. The molecule has 0 aromatic rings. The van der Waals surface area contributed by atoms with Crippen LogP contribution in [0.5, 0.6) is 0 Å². The van der Waals surface area contributed by atoms with Gasteiger partial charge in [0.25, 0.3) is 0 Å². The van der Waals surface area contributed by atoms with Crippen molar-refractivity contribution in [1.29, 1.82) is 5.26 Å². The van der Waals surface area contributed by atoms with Gasteiger partial charge in [0, 0.05) is 18.4 Å². The second-order valence-corrected chi connectivity index (χ2v) is 10.1. The molecule has 4 aliphatic rings. The number of Topliss-reactive ketones (excluding diaryl/α,β-unsaturated/α-hetero) is 1. The van der Waals surface area contributed by atoms with Crippen molar-refractivity contribution >= 4 is 5.78 Å². The normalized spacial score (nSPS) is 53.7. The molecule has 0 saturated heterocycles. The van der Waals surface area contributed by atoms with Crippen LogP contribution in [0.3, 0.4) is 0 Å². The molecule has 3 heteroatoms. The first-order valence-electron chi connectivity index (χ1n) is 10.1. The predicted octanol–water partition coefficient (Wildman–Crippen LogP) is 4.41. The van der Waals surface area contributed by atoms with Crippen LogP contribution in [0.25, 0.3) is 0 Å². The average molecular weight is 341 g/mol. The summed E-state index contributed by atoms with van der Waals surface area (Å²) in [5, 5.41) is 19.7. The number of carbonyl (C=O) groups is 1. The Hall–Kier alpha value is -1.14. The summed E-state index contributed by atoms with van der Waals surface area (Å²) in [4.78, 5) is 13.4. The average Bonchev–Trinajstić information content (AvgIpc) is 2.84. The standard InChI is InChI=1S/C22H31NO2/c1-20(25)9-10-21(2)15(12-20)4-6-16-17-7-5-14(8-11-23)22(17,3)13-18(24)19(16)21/h8,15-17,19,25H,4-7,9-10,12-13H2,1-3H3/b14-8-/t15-,16-,17-,19+,20+,21-,22+/m0/s1. The van der Waals surface area contributed by atoms with Gasteiger partial charge in [-0.05, 0) is 80.5 Å². The maximum Gasteiger partial charge on any atom is 0.137 e. The number of rotatable bonds is 0. The molecule has 4 saturated carbocycles. The molecule has 3 nitrogen and oxygen atoms in total. The number of hydrogen-bond donors (Lipinski definition) is 1. The molecule has 0 spiro atoms. The van der Waals surface area contributed by atoms with E-state index < -0.39 is 5.60 Å². The maximum absolute atomic E-state index is 13.4. The number of ketones is 1. The smallest absolute Gasteiger partial charge is 0.137 e. The third-order valence-electron chi connectivity index (χ3n) is 8.73. The van der Waals surface area contributed by atoms with Gasteiger partial charge >= 0.3 is 0 Å². The molecule has 4 fully saturated rings. The van der Waals surface area contributed by atoms with Crippen LogP contribution in [-0.2, 0) is 4.79 Å². The number of hydrogen-bond acceptors (Lipinski definition) is 3. The minimum atomic E-state index is -0.556. The maximum atomic E-state index is 13.4. The van der Waals surface area contributed by atoms with Gasteiger partial charge in [-0.15, -0.1) is 0 Å². The Balaban J connectivity index is 1.69. The zero-order valence-corrected chi connectivity index (χ0v) is 15.8. The van der Waals surface area contributed by atoms with Crippen LogP contribution in [0.15, 0.2) is 11.6 Å². The van der Waals surface area contributed by atoms with E-state index in [1.54, 1.807) is 6.08 Å². The molecule has 0 aromatic carbocycles. The minimum absolute atomic E-state index is 0.0608. The molecule has 0 aliphatic heterocycles. The van der Waals surface area contributed by atoms with Crippen molar-refractivity contribution in [1.82, 2.24) is 0 Å². The molecule has 0 aromatic heterocycles. The number of allylic oxidation sites excluding steroid dienone is 2. The summed E-state index contributed by atoms with van der Waals surface area (Å²) in [5.41, 5.74) is 0.632. The summed E-state index contributed by atoms with van der Waals surface area (Å²) in [6, 6.07) is 2.22. The Bertz CT molecular complexity index is 672. The number of nitriles is 1. The van der Waals surface area contributed by atoms with Gasteiger partial charge in [0.05, 0.1) is 11.7 Å². The lowest BCUT2D eigenvalue weighted by atomic mass is 9.44. The minimum Gasteiger partial charge on any atom is -0.390 e. The second kappa shape index (κ2) is 5.43. The van der Waals surface area contributed by atoms with E-state index in [1.165, 1.54) is 5.57 Å². The lowest BCUT2D eigenvalue weighted by Crippen LogP contribution is -2.58. The van der Waals surface area contributed by atoms with E-state index in [-0.39, 0.29) is 16.7 Å². The molecule has 4 rings (SSSR count). The van der Waals surface area contributed by atoms with Gasteiger partial charge in [-0.3, -0.25) is 4.79 Å². The number of fused-ring (bicyclic) bond motifs is 5. The lowest BCUT2D eigenvalue weighted by Gasteiger charge is -2.60. The van der Waals surface area contributed by atoms with Crippen LogP contribution in [0, 0.1) is 45.8 Å². The van der Waals surface area contributed by atoms with Gasteiger partial charge < -0.3 is 5.11 Å². The highest BCUT2D eigenvalue weighted by molar-refractivity contribution is 5.85. The molecule has 7 atom stereocenters. The Morgan fingerprint density at radius 3 is 2.68 bits per heavy atom. The second-order valence-electron chi connectivity index (χ2n) is 10.1. The lowest BCUT2D eigenvalue weighted by molar-refractivity contribution is -0.163. The number of carbonyl (C=O) groups excluding carboxylic acids is 1. The van der Waals surface area contributed by atoms with E-state index in [2.05, 4.69) is 19.9 Å². The van der Waals surface area contributed by atoms with Gasteiger partial charge in [0.1, 0.15) is 5.78 Å². The van der Waals surface area contributed by atoms with Gasteiger partial charge in [-0.2, -0.15) is 5.26 Å². The SMILES string of the molecule is C[C@@]1(O)CC[C@@]2(C)[C@@H](CC[C@@H]3[C@@H]2C(=O)C[C@]2(C)/C(=C\C#N)CC[C@@H]32)C1. The summed E-state index contributed by atoms with van der Waals surface area (Å²) < 4.78 is 0.